The average Bonchev–Trinajstić information content (AvgIpc) is 3.16. The maximum atomic E-state index is 2.44. The van der Waals surface area contributed by atoms with Crippen LogP contribution in [0.4, 0.5) is 0 Å². The van der Waals surface area contributed by atoms with E-state index in [1.807, 2.05) is 0 Å². The summed E-state index contributed by atoms with van der Waals surface area (Å²) in [5.41, 5.74) is 8.04. The summed E-state index contributed by atoms with van der Waals surface area (Å²) in [7, 11) is 0. The zero-order valence-electron chi connectivity index (χ0n) is 26.5. The van der Waals surface area contributed by atoms with Crippen molar-refractivity contribution in [1.29, 1.82) is 0 Å². The lowest BCUT2D eigenvalue weighted by Gasteiger charge is -2.34. The number of hydrogen-bond donors (Lipinski definition) is 0. The molecule has 0 aliphatic heterocycles. The lowest BCUT2D eigenvalue weighted by atomic mass is 9.68. The minimum Gasteiger partial charge on any atom is -0.0760 e. The van der Waals surface area contributed by atoms with Crippen LogP contribution in [0, 0.1) is 11.8 Å². The van der Waals surface area contributed by atoms with Gasteiger partial charge in [-0.3, -0.25) is 0 Å². The van der Waals surface area contributed by atoms with Crippen molar-refractivity contribution in [1.82, 2.24) is 0 Å². The maximum absolute atomic E-state index is 2.44. The number of hydrogen-bond acceptors (Lipinski definition) is 0. The van der Waals surface area contributed by atoms with Crippen LogP contribution >= 0.6 is 0 Å². The van der Waals surface area contributed by atoms with Crippen molar-refractivity contribution in [2.45, 2.75) is 0 Å². The molecule has 8 aromatic carbocycles. The summed E-state index contributed by atoms with van der Waals surface area (Å²) >= 11 is 0. The van der Waals surface area contributed by atoms with E-state index in [9.17, 15) is 0 Å². The Morgan fingerprint density at radius 3 is 1.31 bits per heavy atom. The third-order valence-corrected chi connectivity index (χ3v) is 10.6. The van der Waals surface area contributed by atoms with Crippen LogP contribution in [-0.2, 0) is 0 Å². The van der Waals surface area contributed by atoms with Crippen molar-refractivity contribution < 1.29 is 0 Å². The van der Waals surface area contributed by atoms with Gasteiger partial charge in [-0.15, -0.1) is 0 Å². The van der Waals surface area contributed by atoms with Gasteiger partial charge in [0.1, 0.15) is 0 Å². The topological polar surface area (TPSA) is 0 Å². The van der Waals surface area contributed by atoms with Crippen LogP contribution in [0.1, 0.15) is 11.1 Å². The first-order chi connectivity index (χ1) is 23.8. The largest absolute Gasteiger partial charge is 0.0760 e. The third kappa shape index (κ3) is 4.09. The van der Waals surface area contributed by atoms with E-state index in [0.29, 0.717) is 0 Å². The summed E-state index contributed by atoms with van der Waals surface area (Å²) in [5, 5.41) is 12.9. The van der Waals surface area contributed by atoms with Crippen LogP contribution < -0.4 is 10.4 Å². The van der Waals surface area contributed by atoms with Crippen molar-refractivity contribution >= 4 is 54.2 Å². The monoisotopic (exact) mass is 608 g/mol. The molecule has 0 bridgehead atoms. The van der Waals surface area contributed by atoms with Crippen molar-refractivity contribution in [3.63, 3.8) is 0 Å². The molecule has 0 spiro atoms. The molecule has 0 radical (unpaired) electrons. The van der Waals surface area contributed by atoms with E-state index in [1.54, 1.807) is 0 Å². The summed E-state index contributed by atoms with van der Waals surface area (Å²) in [6, 6.07) is 58.6. The molecule has 0 heteroatoms. The number of rotatable bonds is 3. The van der Waals surface area contributed by atoms with Gasteiger partial charge in [-0.05, 0) is 99.1 Å². The van der Waals surface area contributed by atoms with Crippen molar-refractivity contribution in [3.8, 4) is 11.1 Å². The quantitative estimate of drug-likeness (QED) is 0.175. The van der Waals surface area contributed by atoms with Gasteiger partial charge in [0.2, 0.25) is 0 Å². The van der Waals surface area contributed by atoms with E-state index in [0.717, 1.165) is 0 Å². The molecule has 0 saturated heterocycles. The van der Waals surface area contributed by atoms with Crippen LogP contribution in [0.15, 0.2) is 182 Å². The fourth-order valence-electron chi connectivity index (χ4n) is 8.55. The predicted molar refractivity (Wildman–Crippen MR) is 204 cm³/mol. The third-order valence-electron chi connectivity index (χ3n) is 10.6. The second-order valence-corrected chi connectivity index (χ2v) is 13.2. The van der Waals surface area contributed by atoms with Gasteiger partial charge in [0, 0.05) is 11.8 Å². The average molecular weight is 609 g/mol. The highest BCUT2D eigenvalue weighted by molar-refractivity contribution is 6.19. The van der Waals surface area contributed by atoms with Gasteiger partial charge in [0.25, 0.3) is 0 Å². The first kappa shape index (κ1) is 27.2. The van der Waals surface area contributed by atoms with Gasteiger partial charge >= 0.3 is 0 Å². The highest BCUT2D eigenvalue weighted by Crippen LogP contribution is 2.47. The Morgan fingerprint density at radius 1 is 0.312 bits per heavy atom. The first-order valence-electron chi connectivity index (χ1n) is 16.9. The van der Waals surface area contributed by atoms with Gasteiger partial charge in [0.05, 0.1) is 0 Å². The zero-order valence-corrected chi connectivity index (χ0v) is 26.5. The van der Waals surface area contributed by atoms with Gasteiger partial charge < -0.3 is 0 Å². The van der Waals surface area contributed by atoms with Crippen molar-refractivity contribution in [2.75, 3.05) is 0 Å². The van der Waals surface area contributed by atoms with Crippen LogP contribution in [-0.4, -0.2) is 0 Å². The standard InChI is InChI=1S/C48H32/c1-3-15-33-29-35(27-25-31(33)13-1)45-37-17-5-9-21-41(37)47(42-22-10-6-18-38(42)45)48-43-23-11-7-19-39(43)46(40-20-8-12-24-44(40)48)36-28-26-32-14-2-4-16-34(32)30-36/h1-30,37,41H. The Morgan fingerprint density at radius 2 is 0.729 bits per heavy atom. The molecule has 0 heterocycles. The van der Waals surface area contributed by atoms with Crippen LogP contribution in [0.3, 0.4) is 0 Å². The maximum Gasteiger partial charge on any atom is 0.0138 e. The molecule has 0 nitrogen and oxygen atoms in total. The normalized spacial score (nSPS) is 16.9. The van der Waals surface area contributed by atoms with Crippen molar-refractivity contribution in [2.24, 2.45) is 11.8 Å². The molecule has 48 heavy (non-hydrogen) atoms. The minimum atomic E-state index is 0.199. The summed E-state index contributed by atoms with van der Waals surface area (Å²) in [5.74, 6) is 0.420. The second-order valence-electron chi connectivity index (χ2n) is 13.2. The van der Waals surface area contributed by atoms with Crippen LogP contribution in [0.5, 0.6) is 0 Å². The molecule has 2 atom stereocenters. The Kier molecular flexibility index (Phi) is 6.11. The lowest BCUT2D eigenvalue weighted by molar-refractivity contribution is 0.688. The SMILES string of the molecule is C1=CC2C(c3ccc4ccccc4c3)=c3ccccc3=C(c3c4ccccc4c(-c4ccc5ccccc5c4)c4ccccc34)C2C=C1. The van der Waals surface area contributed by atoms with Gasteiger partial charge in [0.15, 0.2) is 0 Å². The molecule has 10 rings (SSSR count). The molecule has 2 unspecified atom stereocenters. The Balaban J connectivity index is 1.35. The van der Waals surface area contributed by atoms with Gasteiger partial charge in [-0.1, -0.05) is 170 Å². The summed E-state index contributed by atoms with van der Waals surface area (Å²) in [4.78, 5) is 0. The fourth-order valence-corrected chi connectivity index (χ4v) is 8.55. The van der Waals surface area contributed by atoms with Crippen molar-refractivity contribution in [3.05, 3.63) is 204 Å². The van der Waals surface area contributed by atoms with E-state index in [-0.39, 0.29) is 11.8 Å². The first-order valence-corrected chi connectivity index (χ1v) is 16.9. The highest BCUT2D eigenvalue weighted by Gasteiger charge is 2.33. The molecule has 224 valence electrons. The zero-order chi connectivity index (χ0) is 31.6. The molecule has 8 aromatic rings. The fraction of sp³-hybridized carbons (Fsp3) is 0.0417. The summed E-state index contributed by atoms with van der Waals surface area (Å²) < 4.78 is 0. The molecule has 0 N–H and O–H groups in total. The molecule has 0 saturated carbocycles. The minimum absolute atomic E-state index is 0.199. The Bertz CT molecular complexity index is 2730. The van der Waals surface area contributed by atoms with Crippen LogP contribution in [0.2, 0.25) is 0 Å². The Labute approximate surface area is 279 Å². The van der Waals surface area contributed by atoms with E-state index in [1.165, 1.54) is 86.9 Å². The molecule has 2 aliphatic carbocycles. The number of benzene rings is 8. The molecule has 0 amide bonds. The van der Waals surface area contributed by atoms with E-state index in [2.05, 4.69) is 182 Å². The number of allylic oxidation sites excluding steroid dienone is 4. The van der Waals surface area contributed by atoms with Gasteiger partial charge in [-0.25, -0.2) is 0 Å². The molecular formula is C48H32. The second kappa shape index (κ2) is 10.8. The smallest absolute Gasteiger partial charge is 0.0138 e. The van der Waals surface area contributed by atoms with E-state index >= 15 is 0 Å². The number of fused-ring (bicyclic) bond motifs is 6. The molecular weight excluding hydrogens is 577 g/mol. The lowest BCUT2D eigenvalue weighted by Crippen LogP contribution is -2.40. The van der Waals surface area contributed by atoms with Crippen LogP contribution in [0.25, 0.3) is 65.4 Å². The molecule has 2 aliphatic rings. The highest BCUT2D eigenvalue weighted by atomic mass is 14.4. The van der Waals surface area contributed by atoms with Gasteiger partial charge in [-0.2, -0.15) is 0 Å². The van der Waals surface area contributed by atoms with E-state index in [4.69, 9.17) is 0 Å². The molecule has 0 aromatic heterocycles. The predicted octanol–water partition coefficient (Wildman–Crippen LogP) is 10.7. The van der Waals surface area contributed by atoms with E-state index < -0.39 is 0 Å². The summed E-state index contributed by atoms with van der Waals surface area (Å²) in [6.07, 6.45) is 9.37. The molecule has 0 fully saturated rings. The Hall–Kier alpha value is -5.98. The summed E-state index contributed by atoms with van der Waals surface area (Å²) in [6.45, 7) is 0.